The van der Waals surface area contributed by atoms with Gasteiger partial charge in [-0.05, 0) is 56.0 Å². The average Bonchev–Trinajstić information content (AvgIpc) is 3.34. The summed E-state index contributed by atoms with van der Waals surface area (Å²) in [6.45, 7) is 2.88. The average molecular weight is 597 g/mol. The lowest BCUT2D eigenvalue weighted by Gasteiger charge is -2.35. The highest BCUT2D eigenvalue weighted by Crippen LogP contribution is 2.33. The molecule has 1 aliphatic heterocycles. The van der Waals surface area contributed by atoms with Crippen molar-refractivity contribution in [3.05, 3.63) is 59.1 Å². The number of aromatic nitrogens is 1. The van der Waals surface area contributed by atoms with Crippen LogP contribution in [0, 0.1) is 0 Å². The van der Waals surface area contributed by atoms with Crippen LogP contribution in [0.5, 0.6) is 0 Å². The molecule has 0 spiro atoms. The number of sulfonamides is 1. The number of nitrogens with zero attached hydrogens (tertiary/aromatic N) is 3. The Hall–Kier alpha value is -2.58. The van der Waals surface area contributed by atoms with E-state index in [1.54, 1.807) is 35.2 Å². The number of thiazole rings is 1. The molecule has 2 fully saturated rings. The lowest BCUT2D eigenvalue weighted by molar-refractivity contribution is -0.140. The second kappa shape index (κ2) is 12.1. The molecule has 3 aromatic rings. The lowest BCUT2D eigenvalue weighted by Crippen LogP contribution is -2.49. The molecule has 216 valence electrons. The van der Waals surface area contributed by atoms with Crippen LogP contribution >= 0.6 is 11.3 Å². The second-order valence-electron chi connectivity index (χ2n) is 10.2. The summed E-state index contributed by atoms with van der Waals surface area (Å²) in [5.41, 5.74) is -0.352. The van der Waals surface area contributed by atoms with Gasteiger partial charge in [-0.2, -0.15) is 13.2 Å². The third kappa shape index (κ3) is 7.19. The number of carbonyl (C=O) groups excluding carboxylic acids is 1. The second-order valence-corrected chi connectivity index (χ2v) is 13.0. The molecule has 1 amide bonds. The van der Waals surface area contributed by atoms with Gasteiger partial charge in [-0.25, -0.2) is 18.1 Å². The molecule has 1 N–H and O–H groups in total. The van der Waals surface area contributed by atoms with Gasteiger partial charge in [-0.15, -0.1) is 11.3 Å². The van der Waals surface area contributed by atoms with E-state index in [4.69, 9.17) is 4.74 Å². The third-order valence-electron chi connectivity index (χ3n) is 7.34. The SMILES string of the molecule is O=C(COC1CCC(NS(=O)(=O)c2ccccc2)CC1)N1CCN(Cc2nc3cc(C(F)(F)F)ccc3s2)CC1. The maximum absolute atomic E-state index is 13.0. The predicted octanol–water partition coefficient (Wildman–Crippen LogP) is 4.27. The first-order valence-electron chi connectivity index (χ1n) is 13.2. The van der Waals surface area contributed by atoms with Crippen LogP contribution in [0.4, 0.5) is 13.2 Å². The molecule has 0 bridgehead atoms. The normalized spacial score (nSPS) is 21.1. The third-order valence-corrected chi connectivity index (χ3v) is 9.89. The van der Waals surface area contributed by atoms with Gasteiger partial charge in [0.2, 0.25) is 15.9 Å². The lowest BCUT2D eigenvalue weighted by atomic mass is 9.94. The van der Waals surface area contributed by atoms with Crippen molar-refractivity contribution >= 4 is 37.5 Å². The number of ether oxygens (including phenoxy) is 1. The van der Waals surface area contributed by atoms with Crippen LogP contribution in [0.25, 0.3) is 10.2 Å². The highest BCUT2D eigenvalue weighted by Gasteiger charge is 2.31. The molecule has 13 heteroatoms. The zero-order valence-corrected chi connectivity index (χ0v) is 23.4. The summed E-state index contributed by atoms with van der Waals surface area (Å²) in [7, 11) is -3.56. The fraction of sp³-hybridized carbons (Fsp3) is 0.481. The van der Waals surface area contributed by atoms with Crippen LogP contribution in [0.2, 0.25) is 0 Å². The van der Waals surface area contributed by atoms with E-state index in [1.165, 1.54) is 17.4 Å². The molecular weight excluding hydrogens is 565 g/mol. The molecule has 8 nitrogen and oxygen atoms in total. The Morgan fingerprint density at radius 1 is 1.02 bits per heavy atom. The minimum Gasteiger partial charge on any atom is -0.368 e. The summed E-state index contributed by atoms with van der Waals surface area (Å²) in [6.07, 6.45) is -1.84. The first kappa shape index (κ1) is 28.9. The Balaban J connectivity index is 1.02. The number of hydrogen-bond acceptors (Lipinski definition) is 7. The van der Waals surface area contributed by atoms with Crippen LogP contribution in [0.15, 0.2) is 53.4 Å². The molecule has 1 aromatic heterocycles. The van der Waals surface area contributed by atoms with Gasteiger partial charge >= 0.3 is 6.18 Å². The molecule has 2 aromatic carbocycles. The van der Waals surface area contributed by atoms with E-state index < -0.39 is 21.8 Å². The van der Waals surface area contributed by atoms with Crippen molar-refractivity contribution in [1.29, 1.82) is 0 Å². The van der Waals surface area contributed by atoms with Crippen molar-refractivity contribution in [2.45, 2.75) is 55.4 Å². The summed E-state index contributed by atoms with van der Waals surface area (Å²) in [6, 6.07) is 11.8. The Morgan fingerprint density at radius 2 is 1.73 bits per heavy atom. The van der Waals surface area contributed by atoms with Crippen LogP contribution in [-0.2, 0) is 32.3 Å². The standard InChI is InChI=1S/C27H31F3N4O4S2/c28-27(29,30)19-6-11-24-23(16-19)31-25(39-24)17-33-12-14-34(15-13-33)26(35)18-38-21-9-7-20(8-10-21)32-40(36,37)22-4-2-1-3-5-22/h1-6,11,16,20-21,32H,7-10,12-15,17-18H2. The number of carbonyl (C=O) groups is 1. The van der Waals surface area contributed by atoms with Crippen molar-refractivity contribution in [2.75, 3.05) is 32.8 Å². The summed E-state index contributed by atoms with van der Waals surface area (Å²) >= 11 is 1.38. The van der Waals surface area contributed by atoms with E-state index in [-0.39, 0.29) is 29.6 Å². The summed E-state index contributed by atoms with van der Waals surface area (Å²) < 4.78 is 73.4. The van der Waals surface area contributed by atoms with E-state index >= 15 is 0 Å². The molecule has 40 heavy (non-hydrogen) atoms. The number of alkyl halides is 3. The van der Waals surface area contributed by atoms with E-state index in [1.807, 2.05) is 0 Å². The zero-order valence-electron chi connectivity index (χ0n) is 21.8. The monoisotopic (exact) mass is 596 g/mol. The number of piperazine rings is 1. The molecule has 2 heterocycles. The zero-order chi connectivity index (χ0) is 28.3. The highest BCUT2D eigenvalue weighted by atomic mass is 32.2. The fourth-order valence-corrected chi connectivity index (χ4v) is 7.40. The minimum atomic E-state index is -4.40. The largest absolute Gasteiger partial charge is 0.416 e. The van der Waals surface area contributed by atoms with Gasteiger partial charge in [-0.3, -0.25) is 9.69 Å². The molecule has 0 atom stereocenters. The smallest absolute Gasteiger partial charge is 0.368 e. The van der Waals surface area contributed by atoms with Gasteiger partial charge in [0.25, 0.3) is 0 Å². The molecular formula is C27H31F3N4O4S2. The number of nitrogens with one attached hydrogen (secondary N) is 1. The Labute approximate surface area is 235 Å². The summed E-state index contributed by atoms with van der Waals surface area (Å²) in [4.78, 5) is 21.3. The first-order valence-corrected chi connectivity index (χ1v) is 15.5. The van der Waals surface area contributed by atoms with Crippen molar-refractivity contribution in [1.82, 2.24) is 19.5 Å². The van der Waals surface area contributed by atoms with Gasteiger partial charge in [0.05, 0.1) is 33.3 Å². The Kier molecular flexibility index (Phi) is 8.76. The van der Waals surface area contributed by atoms with E-state index in [2.05, 4.69) is 14.6 Å². The number of amides is 1. The van der Waals surface area contributed by atoms with E-state index in [9.17, 15) is 26.4 Å². The van der Waals surface area contributed by atoms with Crippen LogP contribution < -0.4 is 4.72 Å². The molecule has 1 aliphatic carbocycles. The molecule has 0 radical (unpaired) electrons. The van der Waals surface area contributed by atoms with Gasteiger partial charge in [0.1, 0.15) is 11.6 Å². The van der Waals surface area contributed by atoms with Crippen molar-refractivity contribution in [3.63, 3.8) is 0 Å². The van der Waals surface area contributed by atoms with Gasteiger partial charge in [0, 0.05) is 32.2 Å². The van der Waals surface area contributed by atoms with Crippen molar-refractivity contribution in [3.8, 4) is 0 Å². The van der Waals surface area contributed by atoms with Gasteiger partial charge in [-0.1, -0.05) is 18.2 Å². The molecule has 1 saturated carbocycles. The van der Waals surface area contributed by atoms with Gasteiger partial charge in [0.15, 0.2) is 0 Å². The first-order chi connectivity index (χ1) is 19.1. The molecule has 1 saturated heterocycles. The number of hydrogen-bond donors (Lipinski definition) is 1. The maximum Gasteiger partial charge on any atom is 0.416 e. The Bertz CT molecular complexity index is 1420. The number of rotatable bonds is 8. The van der Waals surface area contributed by atoms with Crippen molar-refractivity contribution in [2.24, 2.45) is 0 Å². The predicted molar refractivity (Wildman–Crippen MR) is 145 cm³/mol. The fourth-order valence-electron chi connectivity index (χ4n) is 5.08. The maximum atomic E-state index is 13.0. The molecule has 0 unspecified atom stereocenters. The number of fused-ring (bicyclic) bond motifs is 1. The Morgan fingerprint density at radius 3 is 2.40 bits per heavy atom. The quantitative estimate of drug-likeness (QED) is 0.418. The molecule has 5 rings (SSSR count). The van der Waals surface area contributed by atoms with Crippen LogP contribution in [0.3, 0.4) is 0 Å². The minimum absolute atomic E-state index is 0.00944. The van der Waals surface area contributed by atoms with Crippen LogP contribution in [-0.4, -0.2) is 74.0 Å². The number of halogens is 3. The highest BCUT2D eigenvalue weighted by molar-refractivity contribution is 7.89. The van der Waals surface area contributed by atoms with E-state index in [0.29, 0.717) is 63.9 Å². The summed E-state index contributed by atoms with van der Waals surface area (Å²) in [5.74, 6) is -0.0776. The summed E-state index contributed by atoms with van der Waals surface area (Å²) in [5, 5.41) is 0.749. The van der Waals surface area contributed by atoms with Gasteiger partial charge < -0.3 is 9.64 Å². The van der Waals surface area contributed by atoms with E-state index in [0.717, 1.165) is 21.8 Å². The topological polar surface area (TPSA) is 91.8 Å². The number of benzene rings is 2. The van der Waals surface area contributed by atoms with Crippen LogP contribution in [0.1, 0.15) is 36.3 Å². The van der Waals surface area contributed by atoms with Crippen molar-refractivity contribution < 1.29 is 31.1 Å². The molecule has 2 aliphatic rings.